The van der Waals surface area contributed by atoms with Crippen LogP contribution >= 0.6 is 23.4 Å². The number of hydrogen-bond acceptors (Lipinski definition) is 4. The summed E-state index contributed by atoms with van der Waals surface area (Å²) in [6.07, 6.45) is 2.07. The summed E-state index contributed by atoms with van der Waals surface area (Å²) >= 11 is 6.98. The van der Waals surface area contributed by atoms with E-state index in [1.165, 1.54) is 11.8 Å². The second-order valence-corrected chi connectivity index (χ2v) is 4.69. The molecule has 1 aromatic rings. The van der Waals surface area contributed by atoms with E-state index in [0.717, 1.165) is 4.90 Å². The molecule has 1 rings (SSSR count). The van der Waals surface area contributed by atoms with Crippen LogP contribution in [0.5, 0.6) is 0 Å². The predicted molar refractivity (Wildman–Crippen MR) is 73.8 cm³/mol. The molecular formula is C13H15ClO3S. The second-order valence-electron chi connectivity index (χ2n) is 3.47. The Kier molecular flexibility index (Phi) is 6.22. The third kappa shape index (κ3) is 3.50. The van der Waals surface area contributed by atoms with Gasteiger partial charge in [-0.15, -0.1) is 23.4 Å². The highest BCUT2D eigenvalue weighted by atomic mass is 35.5. The van der Waals surface area contributed by atoms with E-state index in [4.69, 9.17) is 16.3 Å². The molecule has 0 aliphatic heterocycles. The van der Waals surface area contributed by atoms with Gasteiger partial charge in [-0.1, -0.05) is 12.1 Å². The quantitative estimate of drug-likeness (QED) is 0.348. The molecule has 0 saturated carbocycles. The normalized spacial score (nSPS) is 10.2. The average Bonchev–Trinajstić information content (AvgIpc) is 2.38. The lowest BCUT2D eigenvalue weighted by atomic mass is 10.0. The molecule has 98 valence electrons. The van der Waals surface area contributed by atoms with Crippen LogP contribution in [0.3, 0.4) is 0 Å². The minimum absolute atomic E-state index is 0.135. The molecule has 1 aromatic carbocycles. The smallest absolute Gasteiger partial charge is 0.340 e. The van der Waals surface area contributed by atoms with Gasteiger partial charge in [0.1, 0.15) is 0 Å². The van der Waals surface area contributed by atoms with Gasteiger partial charge >= 0.3 is 5.97 Å². The number of ketones is 1. The standard InChI is InChI=1S/C13H15ClO3S/c1-3-17-13(16)12-9(10(15)7-8-14)5-4-6-11(12)18-2/h4-6H,3,7-8H2,1-2H3. The molecule has 3 nitrogen and oxygen atoms in total. The highest BCUT2D eigenvalue weighted by Crippen LogP contribution is 2.25. The van der Waals surface area contributed by atoms with Crippen molar-refractivity contribution in [3.8, 4) is 0 Å². The maximum absolute atomic E-state index is 11.9. The number of Topliss-reactive ketones (excluding diaryl/α,β-unsaturated/α-hetero) is 1. The third-order valence-corrected chi connectivity index (χ3v) is 3.32. The predicted octanol–water partition coefficient (Wildman–Crippen LogP) is 3.40. The van der Waals surface area contributed by atoms with Gasteiger partial charge in [0.2, 0.25) is 0 Å². The largest absolute Gasteiger partial charge is 0.462 e. The van der Waals surface area contributed by atoms with Crippen LogP contribution in [0.15, 0.2) is 23.1 Å². The van der Waals surface area contributed by atoms with Gasteiger partial charge in [0.05, 0.1) is 12.2 Å². The van der Waals surface area contributed by atoms with Crippen LogP contribution < -0.4 is 0 Å². The molecule has 5 heteroatoms. The number of carbonyl (C=O) groups excluding carboxylic acids is 2. The summed E-state index contributed by atoms with van der Waals surface area (Å²) in [6.45, 7) is 2.02. The average molecular weight is 287 g/mol. The van der Waals surface area contributed by atoms with E-state index < -0.39 is 5.97 Å². The fourth-order valence-electron chi connectivity index (χ4n) is 1.57. The van der Waals surface area contributed by atoms with Crippen molar-refractivity contribution in [3.05, 3.63) is 29.3 Å². The van der Waals surface area contributed by atoms with Crippen molar-refractivity contribution in [2.45, 2.75) is 18.2 Å². The Morgan fingerprint density at radius 3 is 2.67 bits per heavy atom. The zero-order valence-electron chi connectivity index (χ0n) is 10.4. The summed E-state index contributed by atoms with van der Waals surface area (Å²) in [7, 11) is 0. The molecule has 0 radical (unpaired) electrons. The van der Waals surface area contributed by atoms with Crippen LogP contribution in [0, 0.1) is 0 Å². The van der Waals surface area contributed by atoms with E-state index in [2.05, 4.69) is 0 Å². The maximum atomic E-state index is 11.9. The first-order valence-electron chi connectivity index (χ1n) is 5.59. The van der Waals surface area contributed by atoms with Crippen LogP contribution in [0.1, 0.15) is 34.1 Å². The van der Waals surface area contributed by atoms with Gasteiger partial charge in [-0.3, -0.25) is 4.79 Å². The number of halogens is 1. The van der Waals surface area contributed by atoms with Crippen LogP contribution in [0.4, 0.5) is 0 Å². The van der Waals surface area contributed by atoms with E-state index in [9.17, 15) is 9.59 Å². The van der Waals surface area contributed by atoms with Crippen LogP contribution in [-0.2, 0) is 4.74 Å². The first kappa shape index (κ1) is 15.1. The summed E-state index contributed by atoms with van der Waals surface area (Å²) in [4.78, 5) is 24.6. The van der Waals surface area contributed by atoms with Crippen molar-refractivity contribution in [3.63, 3.8) is 0 Å². The van der Waals surface area contributed by atoms with Gasteiger partial charge in [0.15, 0.2) is 5.78 Å². The molecule has 0 aliphatic rings. The number of esters is 1. The van der Waals surface area contributed by atoms with E-state index in [0.29, 0.717) is 11.1 Å². The fourth-order valence-corrected chi connectivity index (χ4v) is 2.35. The van der Waals surface area contributed by atoms with Crippen molar-refractivity contribution in [1.82, 2.24) is 0 Å². The van der Waals surface area contributed by atoms with Gasteiger partial charge < -0.3 is 4.74 Å². The molecule has 0 saturated heterocycles. The van der Waals surface area contributed by atoms with Crippen molar-refractivity contribution in [1.29, 1.82) is 0 Å². The molecule has 0 bridgehead atoms. The number of carbonyl (C=O) groups is 2. The zero-order chi connectivity index (χ0) is 13.5. The lowest BCUT2D eigenvalue weighted by molar-refractivity contribution is 0.0519. The Bertz CT molecular complexity index is 446. The Morgan fingerprint density at radius 2 is 2.11 bits per heavy atom. The molecule has 0 heterocycles. The highest BCUT2D eigenvalue weighted by molar-refractivity contribution is 7.98. The molecule has 0 atom stereocenters. The van der Waals surface area contributed by atoms with Gasteiger partial charge in [-0.2, -0.15) is 0 Å². The van der Waals surface area contributed by atoms with Gasteiger partial charge in [-0.25, -0.2) is 4.79 Å². The molecule has 0 aliphatic carbocycles. The summed E-state index contributed by atoms with van der Waals surface area (Å²) in [5, 5.41) is 0. The Hall–Kier alpha value is -1.00. The van der Waals surface area contributed by atoms with Gasteiger partial charge in [0, 0.05) is 22.8 Å². The van der Waals surface area contributed by atoms with Crippen LogP contribution in [-0.4, -0.2) is 30.5 Å². The Morgan fingerprint density at radius 1 is 1.39 bits per heavy atom. The van der Waals surface area contributed by atoms with E-state index in [-0.39, 0.29) is 24.7 Å². The molecule has 0 N–H and O–H groups in total. The third-order valence-electron chi connectivity index (χ3n) is 2.35. The molecule has 0 unspecified atom stereocenters. The summed E-state index contributed by atoms with van der Waals surface area (Å²) in [5.41, 5.74) is 0.739. The number of ether oxygens (including phenoxy) is 1. The van der Waals surface area contributed by atoms with Crippen LogP contribution in [0.25, 0.3) is 0 Å². The number of benzene rings is 1. The lowest BCUT2D eigenvalue weighted by Crippen LogP contribution is -2.13. The SMILES string of the molecule is CCOC(=O)c1c(SC)cccc1C(=O)CCCl. The molecule has 0 aromatic heterocycles. The number of alkyl halides is 1. The van der Waals surface area contributed by atoms with Gasteiger partial charge in [-0.05, 0) is 19.2 Å². The van der Waals surface area contributed by atoms with E-state index in [1.54, 1.807) is 25.1 Å². The summed E-state index contributed by atoms with van der Waals surface area (Å²) in [6, 6.07) is 5.20. The molecular weight excluding hydrogens is 272 g/mol. The van der Waals surface area contributed by atoms with Crippen LogP contribution in [0.2, 0.25) is 0 Å². The molecule has 0 spiro atoms. The first-order chi connectivity index (χ1) is 8.65. The van der Waals surface area contributed by atoms with Crippen molar-refractivity contribution < 1.29 is 14.3 Å². The molecule has 18 heavy (non-hydrogen) atoms. The first-order valence-corrected chi connectivity index (χ1v) is 7.34. The highest BCUT2D eigenvalue weighted by Gasteiger charge is 2.21. The lowest BCUT2D eigenvalue weighted by Gasteiger charge is -2.11. The number of thioether (sulfide) groups is 1. The summed E-state index contributed by atoms with van der Waals surface area (Å²) < 4.78 is 5.00. The minimum atomic E-state index is -0.458. The van der Waals surface area contributed by atoms with E-state index in [1.807, 2.05) is 6.26 Å². The van der Waals surface area contributed by atoms with Crippen molar-refractivity contribution >= 4 is 35.1 Å². The fraction of sp³-hybridized carbons (Fsp3) is 0.385. The van der Waals surface area contributed by atoms with Crippen molar-refractivity contribution in [2.75, 3.05) is 18.7 Å². The Balaban J connectivity index is 3.24. The summed E-state index contributed by atoms with van der Waals surface area (Å²) in [5.74, 6) is -0.353. The molecule has 0 amide bonds. The zero-order valence-corrected chi connectivity index (χ0v) is 11.9. The topological polar surface area (TPSA) is 43.4 Å². The minimum Gasteiger partial charge on any atom is -0.462 e. The number of rotatable bonds is 6. The van der Waals surface area contributed by atoms with E-state index >= 15 is 0 Å². The molecule has 0 fully saturated rings. The monoisotopic (exact) mass is 286 g/mol. The van der Waals surface area contributed by atoms with Gasteiger partial charge in [0.25, 0.3) is 0 Å². The second kappa shape index (κ2) is 7.44. The number of hydrogen-bond donors (Lipinski definition) is 0. The van der Waals surface area contributed by atoms with Crippen molar-refractivity contribution in [2.24, 2.45) is 0 Å². The Labute approximate surface area is 116 Å². The maximum Gasteiger partial charge on any atom is 0.340 e.